The molecule has 0 spiro atoms. The van der Waals surface area contributed by atoms with Crippen LogP contribution in [0.3, 0.4) is 0 Å². The van der Waals surface area contributed by atoms with E-state index in [1.54, 1.807) is 0 Å². The van der Waals surface area contributed by atoms with E-state index >= 15 is 0 Å². The lowest BCUT2D eigenvalue weighted by molar-refractivity contribution is 1.07. The van der Waals surface area contributed by atoms with Gasteiger partial charge in [-0.25, -0.2) is 15.0 Å². The van der Waals surface area contributed by atoms with E-state index in [1.807, 2.05) is 46.9 Å². The van der Waals surface area contributed by atoms with Gasteiger partial charge >= 0.3 is 0 Å². The molecule has 5 heteroatoms. The van der Waals surface area contributed by atoms with Gasteiger partial charge in [0.2, 0.25) is 0 Å². The molecule has 0 aliphatic rings. The SMILES string of the molecule is c1ccc(-c2cccc(-c3nc(-c4ccccc4)nc(-c4ccc5c(c4)sc4cccc(-c6cc(-c7ccccc7)c7sc8ccccc8c7c6)c45)n3)c2)cc1. The first-order valence-corrected chi connectivity index (χ1v) is 20.3. The van der Waals surface area contributed by atoms with E-state index in [9.17, 15) is 0 Å². The van der Waals surface area contributed by atoms with Crippen molar-refractivity contribution in [2.75, 3.05) is 0 Å². The van der Waals surface area contributed by atoms with Crippen LogP contribution in [0.2, 0.25) is 0 Å². The zero-order chi connectivity index (χ0) is 37.0. The third-order valence-electron chi connectivity index (χ3n) is 10.5. The first-order valence-electron chi connectivity index (χ1n) is 18.7. The summed E-state index contributed by atoms with van der Waals surface area (Å²) in [4.78, 5) is 15.2. The maximum atomic E-state index is 5.13. The van der Waals surface area contributed by atoms with Gasteiger partial charge in [0.05, 0.1) is 0 Å². The van der Waals surface area contributed by atoms with Crippen molar-refractivity contribution in [1.82, 2.24) is 15.0 Å². The van der Waals surface area contributed by atoms with Gasteiger partial charge in [0.25, 0.3) is 0 Å². The minimum atomic E-state index is 0.649. The van der Waals surface area contributed by atoms with E-state index in [0.29, 0.717) is 17.5 Å². The highest BCUT2D eigenvalue weighted by Gasteiger charge is 2.18. The lowest BCUT2D eigenvalue weighted by Gasteiger charge is -2.11. The summed E-state index contributed by atoms with van der Waals surface area (Å²) >= 11 is 3.70. The van der Waals surface area contributed by atoms with Crippen molar-refractivity contribution < 1.29 is 0 Å². The van der Waals surface area contributed by atoms with E-state index in [0.717, 1.165) is 27.8 Å². The fraction of sp³-hybridized carbons (Fsp3) is 0. The second-order valence-corrected chi connectivity index (χ2v) is 16.1. The van der Waals surface area contributed by atoms with Gasteiger partial charge < -0.3 is 0 Å². The van der Waals surface area contributed by atoms with E-state index in [1.165, 1.54) is 62.6 Å². The predicted octanol–water partition coefficient (Wildman–Crippen LogP) is 14.6. The summed E-state index contributed by atoms with van der Waals surface area (Å²) in [6.45, 7) is 0. The molecule has 8 aromatic carbocycles. The second-order valence-electron chi connectivity index (χ2n) is 14.0. The first-order chi connectivity index (χ1) is 27.7. The van der Waals surface area contributed by atoms with Gasteiger partial charge in [-0.2, -0.15) is 0 Å². The van der Waals surface area contributed by atoms with Crippen LogP contribution in [0.4, 0.5) is 0 Å². The number of fused-ring (bicyclic) bond motifs is 6. The summed E-state index contributed by atoms with van der Waals surface area (Å²) in [5, 5.41) is 5.11. The lowest BCUT2D eigenvalue weighted by atomic mass is 9.93. The average Bonchev–Trinajstić information content (AvgIpc) is 3.85. The highest BCUT2D eigenvalue weighted by molar-refractivity contribution is 7.26. The van der Waals surface area contributed by atoms with Crippen molar-refractivity contribution in [3.63, 3.8) is 0 Å². The topological polar surface area (TPSA) is 38.7 Å². The second kappa shape index (κ2) is 13.5. The van der Waals surface area contributed by atoms with Gasteiger partial charge in [0, 0.05) is 62.6 Å². The van der Waals surface area contributed by atoms with E-state index in [4.69, 9.17) is 15.0 Å². The number of nitrogens with zero attached hydrogens (tertiary/aromatic N) is 3. The van der Waals surface area contributed by atoms with Crippen molar-refractivity contribution >= 4 is 63.0 Å². The zero-order valence-corrected chi connectivity index (χ0v) is 31.7. The summed E-state index contributed by atoms with van der Waals surface area (Å²) in [5.74, 6) is 1.96. The Hall–Kier alpha value is -6.79. The van der Waals surface area contributed by atoms with Crippen LogP contribution in [-0.2, 0) is 0 Å². The van der Waals surface area contributed by atoms with E-state index < -0.39 is 0 Å². The Morgan fingerprint density at radius 2 is 0.875 bits per heavy atom. The van der Waals surface area contributed by atoms with Gasteiger partial charge in [0.15, 0.2) is 17.5 Å². The maximum absolute atomic E-state index is 5.13. The summed E-state index contributed by atoms with van der Waals surface area (Å²) < 4.78 is 5.09. The van der Waals surface area contributed by atoms with Crippen LogP contribution in [0.5, 0.6) is 0 Å². The summed E-state index contributed by atoms with van der Waals surface area (Å²) in [5.41, 5.74) is 10.1. The molecule has 0 unspecified atom stereocenters. The molecular weight excluding hydrogens is 719 g/mol. The van der Waals surface area contributed by atoms with Crippen LogP contribution >= 0.6 is 22.7 Å². The maximum Gasteiger partial charge on any atom is 0.164 e. The van der Waals surface area contributed by atoms with E-state index in [2.05, 4.69) is 164 Å². The third kappa shape index (κ3) is 5.68. The lowest BCUT2D eigenvalue weighted by Crippen LogP contribution is -2.00. The molecule has 56 heavy (non-hydrogen) atoms. The molecule has 0 amide bonds. The fourth-order valence-corrected chi connectivity index (χ4v) is 10.2. The highest BCUT2D eigenvalue weighted by atomic mass is 32.1. The molecule has 3 heterocycles. The molecule has 0 atom stereocenters. The quantitative estimate of drug-likeness (QED) is 0.170. The Balaban J connectivity index is 1.07. The molecule has 0 bridgehead atoms. The van der Waals surface area contributed by atoms with Crippen LogP contribution in [0.15, 0.2) is 188 Å². The van der Waals surface area contributed by atoms with Crippen molar-refractivity contribution in [1.29, 1.82) is 0 Å². The number of hydrogen-bond acceptors (Lipinski definition) is 5. The number of benzene rings is 8. The van der Waals surface area contributed by atoms with Gasteiger partial charge in [-0.05, 0) is 64.2 Å². The predicted molar refractivity (Wildman–Crippen MR) is 238 cm³/mol. The van der Waals surface area contributed by atoms with Crippen LogP contribution in [-0.4, -0.2) is 15.0 Å². The molecule has 0 radical (unpaired) electrons. The van der Waals surface area contributed by atoms with Crippen molar-refractivity contribution in [3.05, 3.63) is 188 Å². The number of aromatic nitrogens is 3. The molecule has 0 N–H and O–H groups in total. The monoisotopic (exact) mass is 749 g/mol. The zero-order valence-electron chi connectivity index (χ0n) is 30.1. The molecule has 0 saturated heterocycles. The minimum absolute atomic E-state index is 0.649. The van der Waals surface area contributed by atoms with Crippen LogP contribution in [0, 0.1) is 0 Å². The summed E-state index contributed by atoms with van der Waals surface area (Å²) in [7, 11) is 0. The molecule has 11 aromatic rings. The normalized spacial score (nSPS) is 11.6. The molecule has 3 nitrogen and oxygen atoms in total. The Bertz CT molecular complexity index is 3240. The number of thiophene rings is 2. The largest absolute Gasteiger partial charge is 0.208 e. The van der Waals surface area contributed by atoms with Gasteiger partial charge in [-0.15, -0.1) is 22.7 Å². The van der Waals surface area contributed by atoms with Crippen molar-refractivity contribution in [2.24, 2.45) is 0 Å². The molecule has 0 aliphatic heterocycles. The standard InChI is InChI=1S/C51H31N3S2/c1-4-14-32(15-5-1)35-20-12-21-36(28-35)50-52-49(34-18-8-3-9-19-34)53-51(54-50)37-26-27-41-46(31-37)55-45-25-13-23-39(47(41)45)38-29-42(33-16-6-2-7-17-33)48-43(30-38)40-22-10-11-24-44(40)56-48/h1-31H. The van der Waals surface area contributed by atoms with E-state index in [-0.39, 0.29) is 0 Å². The minimum Gasteiger partial charge on any atom is -0.208 e. The summed E-state index contributed by atoms with van der Waals surface area (Å²) in [6, 6.07) is 66.8. The first kappa shape index (κ1) is 32.6. The smallest absolute Gasteiger partial charge is 0.164 e. The molecule has 11 rings (SSSR count). The fourth-order valence-electron chi connectivity index (χ4n) is 7.84. The van der Waals surface area contributed by atoms with Crippen LogP contribution in [0.1, 0.15) is 0 Å². The van der Waals surface area contributed by atoms with Crippen LogP contribution in [0.25, 0.3) is 108 Å². The summed E-state index contributed by atoms with van der Waals surface area (Å²) in [6.07, 6.45) is 0. The molecule has 3 aromatic heterocycles. The van der Waals surface area contributed by atoms with Crippen LogP contribution < -0.4 is 0 Å². The molecular formula is C51H31N3S2. The third-order valence-corrected chi connectivity index (χ3v) is 12.9. The highest BCUT2D eigenvalue weighted by Crippen LogP contribution is 2.46. The van der Waals surface area contributed by atoms with Crippen molar-refractivity contribution in [3.8, 4) is 67.5 Å². The Kier molecular flexibility index (Phi) is 7.87. The number of rotatable bonds is 6. The molecule has 0 aliphatic carbocycles. The van der Waals surface area contributed by atoms with Gasteiger partial charge in [-0.1, -0.05) is 152 Å². The van der Waals surface area contributed by atoms with Gasteiger partial charge in [0.1, 0.15) is 0 Å². The molecule has 262 valence electrons. The Morgan fingerprint density at radius 1 is 0.286 bits per heavy atom. The van der Waals surface area contributed by atoms with Crippen molar-refractivity contribution in [2.45, 2.75) is 0 Å². The number of hydrogen-bond donors (Lipinski definition) is 0. The molecule has 0 saturated carbocycles. The Labute approximate surface area is 331 Å². The van der Waals surface area contributed by atoms with Gasteiger partial charge in [-0.3, -0.25) is 0 Å². The Morgan fingerprint density at radius 3 is 1.64 bits per heavy atom. The average molecular weight is 750 g/mol. The molecule has 0 fully saturated rings.